The van der Waals surface area contributed by atoms with Gasteiger partial charge in [0.2, 0.25) is 0 Å². The molecule has 0 saturated heterocycles. The van der Waals surface area contributed by atoms with Crippen molar-refractivity contribution in [3.05, 3.63) is 16.6 Å². The molecule has 2 saturated carbocycles. The first kappa shape index (κ1) is 24.4. The number of aliphatic hydroxyl groups is 1. The molecule has 2 unspecified atom stereocenters. The molecule has 1 N–H and O–H groups in total. The zero-order valence-electron chi connectivity index (χ0n) is 20.0. The van der Waals surface area contributed by atoms with Crippen LogP contribution in [0.3, 0.4) is 0 Å². The van der Waals surface area contributed by atoms with Crippen molar-refractivity contribution in [2.75, 3.05) is 0 Å². The largest absolute Gasteiger partial charge is 0.414 e. The van der Waals surface area contributed by atoms with Crippen molar-refractivity contribution in [3.63, 3.8) is 0 Å². The number of rotatable bonds is 11. The van der Waals surface area contributed by atoms with Crippen LogP contribution in [-0.4, -0.2) is 24.5 Å². The van der Waals surface area contributed by atoms with Gasteiger partial charge in [-0.25, -0.2) is 4.98 Å². The Balaban J connectivity index is 1.58. The SMILES string of the molecule is CC[Si](CC)(CC)OC1CCC[C@@]2(C)[C@@H]1CC[C@H]2[C@H](C)CCCC(O)c1nccs1. The van der Waals surface area contributed by atoms with Crippen molar-refractivity contribution in [2.24, 2.45) is 23.2 Å². The number of hydrogen-bond acceptors (Lipinski definition) is 4. The summed E-state index contributed by atoms with van der Waals surface area (Å²) in [4.78, 5) is 4.27. The van der Waals surface area contributed by atoms with Gasteiger partial charge in [0.1, 0.15) is 11.1 Å². The van der Waals surface area contributed by atoms with Gasteiger partial charge in [-0.15, -0.1) is 11.3 Å². The maximum Gasteiger partial charge on any atom is 0.192 e. The van der Waals surface area contributed by atoms with Crippen LogP contribution in [0.2, 0.25) is 18.1 Å². The van der Waals surface area contributed by atoms with Gasteiger partial charge in [-0.1, -0.05) is 53.9 Å². The first-order chi connectivity index (χ1) is 14.4. The van der Waals surface area contributed by atoms with Crippen molar-refractivity contribution in [2.45, 2.75) is 116 Å². The number of nitrogens with zero attached hydrogens (tertiary/aromatic N) is 1. The standard InChI is InChI=1S/C25H45NO2SSi/c1-6-30(7-2,8-3)28-23-13-10-16-25(5)20(14-15-21(23)25)19(4)11-9-12-22(27)24-26-17-18-29-24/h17-23,27H,6-16H2,1-5H3/t19-,20+,21-,22?,23?,25-/m1/s1. The van der Waals surface area contributed by atoms with Gasteiger partial charge in [0, 0.05) is 17.7 Å². The van der Waals surface area contributed by atoms with Crippen molar-refractivity contribution < 1.29 is 9.53 Å². The predicted octanol–water partition coefficient (Wildman–Crippen LogP) is 7.59. The van der Waals surface area contributed by atoms with Gasteiger partial charge in [0.25, 0.3) is 0 Å². The van der Waals surface area contributed by atoms with Crippen LogP contribution >= 0.6 is 11.3 Å². The van der Waals surface area contributed by atoms with Crippen LogP contribution in [0, 0.1) is 23.2 Å². The zero-order chi connectivity index (χ0) is 21.8. The highest BCUT2D eigenvalue weighted by atomic mass is 32.1. The molecule has 3 rings (SSSR count). The van der Waals surface area contributed by atoms with Gasteiger partial charge in [-0.2, -0.15) is 0 Å². The number of hydrogen-bond donors (Lipinski definition) is 1. The quantitative estimate of drug-likeness (QED) is 0.352. The lowest BCUT2D eigenvalue weighted by Crippen LogP contribution is -2.48. The molecule has 6 atom stereocenters. The summed E-state index contributed by atoms with van der Waals surface area (Å²) in [6.45, 7) is 12.2. The highest BCUT2D eigenvalue weighted by Crippen LogP contribution is 2.59. The Hall–Kier alpha value is -0.233. The monoisotopic (exact) mass is 451 g/mol. The van der Waals surface area contributed by atoms with Crippen LogP contribution in [0.25, 0.3) is 0 Å². The van der Waals surface area contributed by atoms with Crippen molar-refractivity contribution in [1.29, 1.82) is 0 Å². The second kappa shape index (κ2) is 10.6. The summed E-state index contributed by atoms with van der Waals surface area (Å²) < 4.78 is 7.09. The minimum absolute atomic E-state index is 0.383. The average Bonchev–Trinajstić information content (AvgIpc) is 3.40. The first-order valence-corrected chi connectivity index (χ1v) is 16.0. The molecule has 30 heavy (non-hydrogen) atoms. The molecule has 0 aliphatic heterocycles. The Bertz CT molecular complexity index is 627. The molecule has 1 heterocycles. The first-order valence-electron chi connectivity index (χ1n) is 12.6. The van der Waals surface area contributed by atoms with E-state index in [1.807, 2.05) is 5.38 Å². The van der Waals surface area contributed by atoms with Crippen molar-refractivity contribution >= 4 is 19.7 Å². The molecule has 2 fully saturated rings. The number of fused-ring (bicyclic) bond motifs is 1. The lowest BCUT2D eigenvalue weighted by Gasteiger charge is -2.49. The van der Waals surface area contributed by atoms with E-state index in [1.165, 1.54) is 56.7 Å². The predicted molar refractivity (Wildman–Crippen MR) is 130 cm³/mol. The maximum absolute atomic E-state index is 10.4. The summed E-state index contributed by atoms with van der Waals surface area (Å²) >= 11 is 1.57. The number of thiazole rings is 1. The molecule has 0 radical (unpaired) electrons. The number of aromatic nitrogens is 1. The van der Waals surface area contributed by atoms with Gasteiger partial charge in [0.05, 0.1) is 0 Å². The summed E-state index contributed by atoms with van der Waals surface area (Å²) in [6.07, 6.45) is 11.8. The fourth-order valence-corrected chi connectivity index (χ4v) is 10.5. The zero-order valence-corrected chi connectivity index (χ0v) is 21.8. The van der Waals surface area contributed by atoms with E-state index in [-0.39, 0.29) is 6.10 Å². The summed E-state index contributed by atoms with van der Waals surface area (Å²) in [6, 6.07) is 3.80. The Labute approximate surface area is 190 Å². The molecule has 0 spiro atoms. The van der Waals surface area contributed by atoms with E-state index >= 15 is 0 Å². The Morgan fingerprint density at radius 2 is 1.93 bits per heavy atom. The van der Waals surface area contributed by atoms with Crippen molar-refractivity contribution in [1.82, 2.24) is 4.98 Å². The lowest BCUT2D eigenvalue weighted by molar-refractivity contribution is -0.0205. The van der Waals surface area contributed by atoms with Crippen LogP contribution in [0.15, 0.2) is 11.6 Å². The van der Waals surface area contributed by atoms with E-state index in [9.17, 15) is 5.11 Å². The van der Waals surface area contributed by atoms with Gasteiger partial charge in [0.15, 0.2) is 8.32 Å². The molecule has 2 aliphatic carbocycles. The highest BCUT2D eigenvalue weighted by molar-refractivity contribution is 7.09. The van der Waals surface area contributed by atoms with Crippen molar-refractivity contribution in [3.8, 4) is 0 Å². The molecule has 3 nitrogen and oxygen atoms in total. The minimum atomic E-state index is -1.54. The molecule has 0 aromatic carbocycles. The second-order valence-corrected chi connectivity index (χ2v) is 16.0. The van der Waals surface area contributed by atoms with Gasteiger partial charge in [-0.05, 0) is 73.4 Å². The molecule has 0 amide bonds. The fraction of sp³-hybridized carbons (Fsp3) is 0.880. The van der Waals surface area contributed by atoms with E-state index in [1.54, 1.807) is 17.5 Å². The van der Waals surface area contributed by atoms with E-state index in [4.69, 9.17) is 4.43 Å². The Morgan fingerprint density at radius 3 is 2.57 bits per heavy atom. The van der Waals surface area contributed by atoms with Gasteiger partial charge in [-0.3, -0.25) is 0 Å². The van der Waals surface area contributed by atoms with E-state index < -0.39 is 8.32 Å². The van der Waals surface area contributed by atoms with Gasteiger partial charge < -0.3 is 9.53 Å². The fourth-order valence-electron chi connectivity index (χ4n) is 6.91. The molecule has 2 aliphatic rings. The third-order valence-corrected chi connectivity index (χ3v) is 14.6. The van der Waals surface area contributed by atoms with E-state index in [0.717, 1.165) is 35.6 Å². The van der Waals surface area contributed by atoms with E-state index in [0.29, 0.717) is 11.5 Å². The van der Waals surface area contributed by atoms with Crippen LogP contribution in [0.4, 0.5) is 0 Å². The maximum atomic E-state index is 10.4. The Kier molecular flexibility index (Phi) is 8.62. The third kappa shape index (κ3) is 5.05. The molecule has 1 aromatic rings. The minimum Gasteiger partial charge on any atom is -0.414 e. The third-order valence-electron chi connectivity index (χ3n) is 9.03. The summed E-state index contributed by atoms with van der Waals surface area (Å²) in [5.41, 5.74) is 0.450. The Morgan fingerprint density at radius 1 is 1.20 bits per heavy atom. The average molecular weight is 452 g/mol. The summed E-state index contributed by atoms with van der Waals surface area (Å²) in [7, 11) is -1.54. The van der Waals surface area contributed by atoms with Crippen LogP contribution in [-0.2, 0) is 4.43 Å². The molecular weight excluding hydrogens is 406 g/mol. The molecule has 0 bridgehead atoms. The molecule has 5 heteroatoms. The molecule has 172 valence electrons. The van der Waals surface area contributed by atoms with Crippen LogP contribution in [0.5, 0.6) is 0 Å². The molecular formula is C25H45NO2SSi. The van der Waals surface area contributed by atoms with E-state index in [2.05, 4.69) is 39.6 Å². The van der Waals surface area contributed by atoms with Crippen LogP contribution < -0.4 is 0 Å². The topological polar surface area (TPSA) is 42.4 Å². The normalized spacial score (nSPS) is 31.5. The summed E-state index contributed by atoms with van der Waals surface area (Å²) in [5, 5.41) is 13.2. The smallest absolute Gasteiger partial charge is 0.192 e. The summed E-state index contributed by atoms with van der Waals surface area (Å²) in [5.74, 6) is 2.30. The second-order valence-electron chi connectivity index (χ2n) is 10.4. The highest BCUT2D eigenvalue weighted by Gasteiger charge is 2.53. The van der Waals surface area contributed by atoms with Gasteiger partial charge >= 0.3 is 0 Å². The lowest BCUT2D eigenvalue weighted by atomic mass is 9.61. The molecule has 1 aromatic heterocycles. The van der Waals surface area contributed by atoms with Crippen LogP contribution in [0.1, 0.15) is 97.1 Å². The number of aliphatic hydroxyl groups excluding tert-OH is 1.